The molecule has 1 aliphatic carbocycles. The van der Waals surface area contributed by atoms with Crippen LogP contribution in [-0.4, -0.2) is 36.2 Å². The van der Waals surface area contributed by atoms with E-state index < -0.39 is 11.4 Å². The Kier molecular flexibility index (Phi) is 7.33. The summed E-state index contributed by atoms with van der Waals surface area (Å²) in [4.78, 5) is 23.4. The van der Waals surface area contributed by atoms with E-state index in [2.05, 4.69) is 12.2 Å². The first kappa shape index (κ1) is 18.9. The fourth-order valence-electron chi connectivity index (χ4n) is 3.40. The lowest BCUT2D eigenvalue weighted by Gasteiger charge is -2.36. The van der Waals surface area contributed by atoms with Gasteiger partial charge in [-0.05, 0) is 44.9 Å². The fourth-order valence-corrected chi connectivity index (χ4v) is 3.40. The smallest absolute Gasteiger partial charge is 0.310 e. The van der Waals surface area contributed by atoms with Crippen molar-refractivity contribution < 1.29 is 19.4 Å². The van der Waals surface area contributed by atoms with Crippen LogP contribution in [0.4, 0.5) is 0 Å². The molecule has 0 amide bonds. The summed E-state index contributed by atoms with van der Waals surface area (Å²) in [6.45, 7) is 8.70. The van der Waals surface area contributed by atoms with Crippen molar-refractivity contribution >= 4 is 11.9 Å². The Morgan fingerprint density at radius 2 is 1.86 bits per heavy atom. The average Bonchev–Trinajstić information content (AvgIpc) is 2.48. The van der Waals surface area contributed by atoms with Crippen LogP contribution < -0.4 is 5.32 Å². The second-order valence-electron chi connectivity index (χ2n) is 6.52. The number of carbonyl (C=O) groups is 2. The number of carboxylic acids is 1. The van der Waals surface area contributed by atoms with Crippen LogP contribution in [0.5, 0.6) is 0 Å². The summed E-state index contributed by atoms with van der Waals surface area (Å²) >= 11 is 0. The summed E-state index contributed by atoms with van der Waals surface area (Å²) < 4.78 is 5.13. The molecule has 1 saturated carbocycles. The largest absolute Gasteiger partial charge is 0.481 e. The normalized spacial score (nSPS) is 25.7. The second kappa shape index (κ2) is 8.51. The van der Waals surface area contributed by atoms with Crippen molar-refractivity contribution in [3.63, 3.8) is 0 Å². The molecule has 128 valence electrons. The molecule has 3 atom stereocenters. The van der Waals surface area contributed by atoms with Crippen molar-refractivity contribution in [2.24, 2.45) is 17.3 Å². The number of hydrogen-bond acceptors (Lipinski definition) is 4. The van der Waals surface area contributed by atoms with E-state index in [1.807, 2.05) is 20.8 Å². The third-order valence-corrected chi connectivity index (χ3v) is 5.30. The molecule has 0 spiro atoms. The molecule has 1 aliphatic rings. The van der Waals surface area contributed by atoms with Gasteiger partial charge in [0.15, 0.2) is 0 Å². The topological polar surface area (TPSA) is 75.6 Å². The molecule has 0 heterocycles. The highest BCUT2D eigenvalue weighted by atomic mass is 16.5. The van der Waals surface area contributed by atoms with E-state index in [1.54, 1.807) is 0 Å². The maximum Gasteiger partial charge on any atom is 0.310 e. The maximum atomic E-state index is 11.9. The molecule has 5 heteroatoms. The van der Waals surface area contributed by atoms with Crippen LogP contribution in [0.2, 0.25) is 0 Å². The van der Waals surface area contributed by atoms with E-state index >= 15 is 0 Å². The molecule has 3 unspecified atom stereocenters. The Morgan fingerprint density at radius 3 is 2.32 bits per heavy atom. The lowest BCUT2D eigenvalue weighted by Crippen LogP contribution is -2.46. The highest BCUT2D eigenvalue weighted by Crippen LogP contribution is 2.32. The lowest BCUT2D eigenvalue weighted by atomic mass is 9.77. The van der Waals surface area contributed by atoms with Crippen LogP contribution in [0.25, 0.3) is 0 Å². The van der Waals surface area contributed by atoms with Crippen LogP contribution in [0.3, 0.4) is 0 Å². The van der Waals surface area contributed by atoms with E-state index in [-0.39, 0.29) is 23.8 Å². The minimum Gasteiger partial charge on any atom is -0.481 e. The SMILES string of the molecule is CCOC(=O)C1CCC(NCC(CC)(CC)C(=O)O)CC1C. The lowest BCUT2D eigenvalue weighted by molar-refractivity contribution is -0.151. The standard InChI is InChI=1S/C17H31NO4/c1-5-17(6-2,16(20)21)11-18-13-8-9-14(12(4)10-13)15(19)22-7-3/h12-14,18H,5-11H2,1-4H3,(H,20,21). The number of rotatable bonds is 8. The number of esters is 1. The minimum atomic E-state index is -0.724. The summed E-state index contributed by atoms with van der Waals surface area (Å²) in [5, 5.41) is 12.9. The van der Waals surface area contributed by atoms with Gasteiger partial charge in [0, 0.05) is 12.6 Å². The first-order valence-corrected chi connectivity index (χ1v) is 8.53. The third kappa shape index (κ3) is 4.45. The molecule has 0 saturated heterocycles. The quantitative estimate of drug-likeness (QED) is 0.674. The molecule has 0 aromatic heterocycles. The van der Waals surface area contributed by atoms with E-state index in [4.69, 9.17) is 4.74 Å². The van der Waals surface area contributed by atoms with Crippen LogP contribution in [0.15, 0.2) is 0 Å². The molecular formula is C17H31NO4. The highest BCUT2D eigenvalue weighted by Gasteiger charge is 2.37. The molecule has 0 aromatic carbocycles. The van der Waals surface area contributed by atoms with Crippen molar-refractivity contribution in [1.29, 1.82) is 0 Å². The summed E-state index contributed by atoms with van der Waals surface area (Å²) in [5.74, 6) is -0.555. The van der Waals surface area contributed by atoms with Gasteiger partial charge in [0.25, 0.3) is 0 Å². The van der Waals surface area contributed by atoms with Gasteiger partial charge in [-0.2, -0.15) is 0 Å². The van der Waals surface area contributed by atoms with Gasteiger partial charge in [-0.1, -0.05) is 20.8 Å². The Labute approximate surface area is 133 Å². The average molecular weight is 313 g/mol. The Balaban J connectivity index is 2.54. The Bertz CT molecular complexity index is 379. The van der Waals surface area contributed by atoms with Gasteiger partial charge < -0.3 is 15.2 Å². The Hall–Kier alpha value is -1.10. The fraction of sp³-hybridized carbons (Fsp3) is 0.882. The number of ether oxygens (including phenoxy) is 1. The van der Waals surface area contributed by atoms with E-state index in [9.17, 15) is 14.7 Å². The highest BCUT2D eigenvalue weighted by molar-refractivity contribution is 5.75. The zero-order valence-electron chi connectivity index (χ0n) is 14.4. The van der Waals surface area contributed by atoms with E-state index in [1.165, 1.54) is 0 Å². The first-order valence-electron chi connectivity index (χ1n) is 8.53. The molecule has 0 aromatic rings. The predicted octanol–water partition coefficient (Wildman–Crippen LogP) is 2.83. The van der Waals surface area contributed by atoms with Gasteiger partial charge in [0.1, 0.15) is 0 Å². The van der Waals surface area contributed by atoms with Crippen LogP contribution >= 0.6 is 0 Å². The second-order valence-corrected chi connectivity index (χ2v) is 6.52. The molecular weight excluding hydrogens is 282 g/mol. The van der Waals surface area contributed by atoms with Crippen molar-refractivity contribution in [3.8, 4) is 0 Å². The molecule has 22 heavy (non-hydrogen) atoms. The van der Waals surface area contributed by atoms with Crippen molar-refractivity contribution in [3.05, 3.63) is 0 Å². The van der Waals surface area contributed by atoms with Crippen molar-refractivity contribution in [2.45, 2.75) is 65.8 Å². The number of aliphatic carboxylic acids is 1. The van der Waals surface area contributed by atoms with E-state index in [0.29, 0.717) is 26.0 Å². The summed E-state index contributed by atoms with van der Waals surface area (Å²) in [6.07, 6.45) is 3.86. The van der Waals surface area contributed by atoms with Gasteiger partial charge in [0.05, 0.1) is 17.9 Å². The molecule has 0 aliphatic heterocycles. The van der Waals surface area contributed by atoms with Crippen LogP contribution in [0.1, 0.15) is 59.8 Å². The van der Waals surface area contributed by atoms with Gasteiger partial charge in [-0.25, -0.2) is 0 Å². The van der Waals surface area contributed by atoms with Crippen LogP contribution in [-0.2, 0) is 14.3 Å². The summed E-state index contributed by atoms with van der Waals surface area (Å²) in [5.41, 5.74) is -0.679. The first-order chi connectivity index (χ1) is 10.4. The van der Waals surface area contributed by atoms with Crippen molar-refractivity contribution in [1.82, 2.24) is 5.32 Å². The zero-order valence-corrected chi connectivity index (χ0v) is 14.4. The monoisotopic (exact) mass is 313 g/mol. The Morgan fingerprint density at radius 1 is 1.23 bits per heavy atom. The summed E-state index contributed by atoms with van der Waals surface area (Å²) in [7, 11) is 0. The van der Waals surface area contributed by atoms with Gasteiger partial charge in [0.2, 0.25) is 0 Å². The predicted molar refractivity (Wildman–Crippen MR) is 85.6 cm³/mol. The van der Waals surface area contributed by atoms with E-state index in [0.717, 1.165) is 19.3 Å². The number of nitrogens with one attached hydrogen (secondary N) is 1. The third-order valence-electron chi connectivity index (χ3n) is 5.30. The van der Waals surface area contributed by atoms with Crippen molar-refractivity contribution in [2.75, 3.05) is 13.2 Å². The number of carbonyl (C=O) groups excluding carboxylic acids is 1. The number of hydrogen-bond donors (Lipinski definition) is 2. The molecule has 1 fully saturated rings. The molecule has 2 N–H and O–H groups in total. The molecule has 1 rings (SSSR count). The van der Waals surface area contributed by atoms with Gasteiger partial charge in [-0.15, -0.1) is 0 Å². The zero-order chi connectivity index (χ0) is 16.8. The van der Waals surface area contributed by atoms with Crippen LogP contribution in [0, 0.1) is 17.3 Å². The molecule has 0 bridgehead atoms. The minimum absolute atomic E-state index is 0.0143. The summed E-state index contributed by atoms with van der Waals surface area (Å²) in [6, 6.07) is 0.289. The maximum absolute atomic E-state index is 11.9. The molecule has 0 radical (unpaired) electrons. The van der Waals surface area contributed by atoms with Gasteiger partial charge >= 0.3 is 11.9 Å². The van der Waals surface area contributed by atoms with Gasteiger partial charge in [-0.3, -0.25) is 9.59 Å². The number of carboxylic acid groups (broad SMARTS) is 1. The molecule has 5 nitrogen and oxygen atoms in total.